The van der Waals surface area contributed by atoms with Crippen molar-refractivity contribution < 1.29 is 9.09 Å². The van der Waals surface area contributed by atoms with E-state index in [1.165, 1.54) is 12.0 Å². The lowest BCUT2D eigenvalue weighted by Gasteiger charge is -2.29. The van der Waals surface area contributed by atoms with Crippen LogP contribution in [0.1, 0.15) is 40.0 Å². The van der Waals surface area contributed by atoms with Gasteiger partial charge >= 0.3 is 8.03 Å². The van der Waals surface area contributed by atoms with Gasteiger partial charge in [-0.05, 0) is 36.3 Å². The van der Waals surface area contributed by atoms with Gasteiger partial charge in [0.05, 0.1) is 0 Å². The minimum Gasteiger partial charge on any atom is -0.259 e. The molecule has 1 atom stereocenters. The van der Waals surface area contributed by atoms with Gasteiger partial charge in [-0.2, -0.15) is 0 Å². The third-order valence-corrected chi connectivity index (χ3v) is 3.02. The molecule has 0 radical (unpaired) electrons. The zero-order chi connectivity index (χ0) is 10.1. The molecule has 2 nitrogen and oxygen atoms in total. The lowest BCUT2D eigenvalue weighted by Crippen LogP contribution is -2.20. The second-order valence-corrected chi connectivity index (χ2v) is 5.44. The van der Waals surface area contributed by atoms with E-state index in [-0.39, 0.29) is 5.41 Å². The maximum atomic E-state index is 11.0. The highest BCUT2D eigenvalue weighted by Gasteiger charge is 2.34. The number of allylic oxidation sites excluding steroid dienone is 2. The molecule has 74 valence electrons. The molecule has 0 aromatic rings. The van der Waals surface area contributed by atoms with E-state index < -0.39 is 8.03 Å². The van der Waals surface area contributed by atoms with E-state index in [0.717, 1.165) is 18.6 Å². The van der Waals surface area contributed by atoms with Crippen LogP contribution in [0.2, 0.25) is 0 Å². The Morgan fingerprint density at radius 2 is 2.08 bits per heavy atom. The Bertz CT molecular complexity index is 254. The van der Waals surface area contributed by atoms with Gasteiger partial charge in [-0.3, -0.25) is 4.52 Å². The molecule has 1 rings (SSSR count). The van der Waals surface area contributed by atoms with Crippen LogP contribution in [0.4, 0.5) is 0 Å². The van der Waals surface area contributed by atoms with Gasteiger partial charge in [0, 0.05) is 5.41 Å². The Labute approximate surface area is 81.2 Å². The molecule has 13 heavy (non-hydrogen) atoms. The molecular weight excluding hydrogens is 183 g/mol. The summed E-state index contributed by atoms with van der Waals surface area (Å²) in [5.41, 5.74) is 1.34. The fourth-order valence-electron chi connectivity index (χ4n) is 1.93. The SMILES string of the molecule is CC1=C(O[P+](C)=O)C(C)(C)CCC1. The number of rotatable bonds is 2. The maximum absolute atomic E-state index is 11.0. The molecule has 0 aromatic heterocycles. The van der Waals surface area contributed by atoms with Crippen molar-refractivity contribution in [2.45, 2.75) is 40.0 Å². The lowest BCUT2D eigenvalue weighted by atomic mass is 9.78. The van der Waals surface area contributed by atoms with Gasteiger partial charge in [-0.25, -0.2) is 0 Å². The lowest BCUT2D eigenvalue weighted by molar-refractivity contribution is 0.240. The molecule has 0 bridgehead atoms. The average Bonchev–Trinajstić information content (AvgIpc) is 1.96. The van der Waals surface area contributed by atoms with Crippen molar-refractivity contribution in [1.29, 1.82) is 0 Å². The summed E-state index contributed by atoms with van der Waals surface area (Å²) in [6.45, 7) is 8.00. The highest BCUT2D eigenvalue weighted by molar-refractivity contribution is 7.38. The van der Waals surface area contributed by atoms with Gasteiger partial charge in [0.1, 0.15) is 0 Å². The molecule has 0 fully saturated rings. The van der Waals surface area contributed by atoms with Crippen LogP contribution in [-0.4, -0.2) is 6.66 Å². The molecule has 0 heterocycles. The molecule has 0 aliphatic heterocycles. The first-order valence-corrected chi connectivity index (χ1v) is 6.35. The normalized spacial score (nSPS) is 22.9. The minimum absolute atomic E-state index is 0.0728. The van der Waals surface area contributed by atoms with Crippen molar-refractivity contribution in [2.24, 2.45) is 5.41 Å². The van der Waals surface area contributed by atoms with Crippen molar-refractivity contribution in [3.05, 3.63) is 11.3 Å². The third kappa shape index (κ3) is 2.54. The summed E-state index contributed by atoms with van der Waals surface area (Å²) in [7, 11) is -1.52. The van der Waals surface area contributed by atoms with Crippen molar-refractivity contribution in [3.63, 3.8) is 0 Å². The van der Waals surface area contributed by atoms with Crippen LogP contribution in [0.15, 0.2) is 11.3 Å². The van der Waals surface area contributed by atoms with E-state index in [2.05, 4.69) is 20.8 Å². The predicted molar refractivity (Wildman–Crippen MR) is 54.9 cm³/mol. The van der Waals surface area contributed by atoms with E-state index in [1.54, 1.807) is 6.66 Å². The topological polar surface area (TPSA) is 26.3 Å². The van der Waals surface area contributed by atoms with Crippen molar-refractivity contribution in [3.8, 4) is 0 Å². The summed E-state index contributed by atoms with van der Waals surface area (Å²) in [6.07, 6.45) is 3.43. The summed E-state index contributed by atoms with van der Waals surface area (Å²) < 4.78 is 16.4. The van der Waals surface area contributed by atoms with Crippen LogP contribution >= 0.6 is 8.03 Å². The molecule has 0 saturated carbocycles. The Morgan fingerprint density at radius 3 is 2.54 bits per heavy atom. The highest BCUT2D eigenvalue weighted by atomic mass is 31.1. The van der Waals surface area contributed by atoms with Crippen LogP contribution in [0.25, 0.3) is 0 Å². The van der Waals surface area contributed by atoms with Crippen LogP contribution in [0.3, 0.4) is 0 Å². The first kappa shape index (κ1) is 10.7. The fraction of sp³-hybridized carbons (Fsp3) is 0.800. The molecule has 1 unspecified atom stereocenters. The van der Waals surface area contributed by atoms with Crippen LogP contribution < -0.4 is 0 Å². The molecule has 0 saturated heterocycles. The molecule has 1 aliphatic carbocycles. The zero-order valence-corrected chi connectivity index (χ0v) is 9.78. The van der Waals surface area contributed by atoms with Gasteiger partial charge in [0.25, 0.3) is 0 Å². The monoisotopic (exact) mass is 201 g/mol. The van der Waals surface area contributed by atoms with E-state index in [9.17, 15) is 4.57 Å². The van der Waals surface area contributed by atoms with Gasteiger partial charge < -0.3 is 0 Å². The average molecular weight is 201 g/mol. The Morgan fingerprint density at radius 1 is 1.46 bits per heavy atom. The predicted octanol–water partition coefficient (Wildman–Crippen LogP) is 3.86. The molecule has 3 heteroatoms. The van der Waals surface area contributed by atoms with Crippen molar-refractivity contribution >= 4 is 8.03 Å². The largest absolute Gasteiger partial charge is 0.552 e. The first-order chi connectivity index (χ1) is 5.93. The summed E-state index contributed by atoms with van der Waals surface area (Å²) in [4.78, 5) is 0. The van der Waals surface area contributed by atoms with Gasteiger partial charge in [0.2, 0.25) is 0 Å². The Hall–Kier alpha value is -0.360. The smallest absolute Gasteiger partial charge is 0.259 e. The van der Waals surface area contributed by atoms with Crippen molar-refractivity contribution in [1.82, 2.24) is 0 Å². The third-order valence-electron chi connectivity index (χ3n) is 2.58. The second kappa shape index (κ2) is 3.79. The highest BCUT2D eigenvalue weighted by Crippen LogP contribution is 2.44. The Kier molecular flexibility index (Phi) is 3.13. The van der Waals surface area contributed by atoms with Gasteiger partial charge in [-0.15, -0.1) is 0 Å². The standard InChI is InChI=1S/C10H18O2P/c1-8-6-5-7-10(2,3)9(8)12-13(4)11/h5-7H2,1-4H3/q+1. The minimum atomic E-state index is -1.52. The summed E-state index contributed by atoms with van der Waals surface area (Å²) >= 11 is 0. The van der Waals surface area contributed by atoms with Gasteiger partial charge in [0.15, 0.2) is 12.4 Å². The molecule has 0 spiro atoms. The first-order valence-electron chi connectivity index (χ1n) is 4.72. The number of hydrogen-bond acceptors (Lipinski definition) is 2. The number of hydrogen-bond donors (Lipinski definition) is 0. The van der Waals surface area contributed by atoms with E-state index in [1.807, 2.05) is 0 Å². The molecule has 1 aliphatic rings. The summed E-state index contributed by atoms with van der Waals surface area (Å²) in [5, 5.41) is 0. The molecule has 0 amide bonds. The van der Waals surface area contributed by atoms with Gasteiger partial charge in [-0.1, -0.05) is 13.8 Å². The molecule has 0 aromatic carbocycles. The maximum Gasteiger partial charge on any atom is 0.552 e. The van der Waals surface area contributed by atoms with Crippen LogP contribution in [0.5, 0.6) is 0 Å². The van der Waals surface area contributed by atoms with Crippen molar-refractivity contribution in [2.75, 3.05) is 6.66 Å². The second-order valence-electron chi connectivity index (χ2n) is 4.38. The summed E-state index contributed by atoms with van der Waals surface area (Å²) in [5.74, 6) is 0.961. The molecule has 0 N–H and O–H groups in total. The Balaban J connectivity index is 2.91. The van der Waals surface area contributed by atoms with Crippen LogP contribution in [0, 0.1) is 5.41 Å². The van der Waals surface area contributed by atoms with E-state index in [0.29, 0.717) is 0 Å². The molecular formula is C10H18O2P+. The quantitative estimate of drug-likeness (QED) is 0.634. The van der Waals surface area contributed by atoms with Crippen LogP contribution in [-0.2, 0) is 9.09 Å². The zero-order valence-electron chi connectivity index (χ0n) is 8.89. The van der Waals surface area contributed by atoms with E-state index in [4.69, 9.17) is 4.52 Å². The fourth-order valence-corrected chi connectivity index (χ4v) is 2.59. The summed E-state index contributed by atoms with van der Waals surface area (Å²) in [6, 6.07) is 0. The van der Waals surface area contributed by atoms with E-state index >= 15 is 0 Å².